The average Bonchev–Trinajstić information content (AvgIpc) is 2.65. The Morgan fingerprint density at radius 3 is 3.00 bits per heavy atom. The lowest BCUT2D eigenvalue weighted by molar-refractivity contribution is -0.118. The highest BCUT2D eigenvalue weighted by Gasteiger charge is 2.07. The highest BCUT2D eigenvalue weighted by Crippen LogP contribution is 2.20. The van der Waals surface area contributed by atoms with Gasteiger partial charge in [-0.2, -0.15) is 0 Å². The van der Waals surface area contributed by atoms with Gasteiger partial charge in [0.1, 0.15) is 12.4 Å². The lowest BCUT2D eigenvalue weighted by Gasteiger charge is -2.05. The van der Waals surface area contributed by atoms with Crippen LogP contribution in [0.15, 0.2) is 36.7 Å². The predicted octanol–water partition coefficient (Wildman–Crippen LogP) is 1.69. The van der Waals surface area contributed by atoms with Crippen LogP contribution in [0.25, 0.3) is 11.4 Å². The fourth-order valence-electron chi connectivity index (χ4n) is 1.49. The predicted molar refractivity (Wildman–Crippen MR) is 61.9 cm³/mol. The molecule has 0 radical (unpaired) electrons. The number of aromatic nitrogens is 2. The van der Waals surface area contributed by atoms with E-state index in [4.69, 9.17) is 17.3 Å². The van der Waals surface area contributed by atoms with Crippen LogP contribution in [0.3, 0.4) is 0 Å². The van der Waals surface area contributed by atoms with E-state index in [0.29, 0.717) is 10.8 Å². The minimum Gasteiger partial charge on any atom is -0.368 e. The quantitative estimate of drug-likeness (QED) is 0.880. The molecule has 0 atom stereocenters. The van der Waals surface area contributed by atoms with Crippen LogP contribution in [-0.4, -0.2) is 15.5 Å². The SMILES string of the molecule is NC(=O)Cn1ccnc1-c1cccc(Cl)c1. The van der Waals surface area contributed by atoms with E-state index in [0.717, 1.165) is 5.56 Å². The lowest BCUT2D eigenvalue weighted by atomic mass is 10.2. The van der Waals surface area contributed by atoms with Crippen molar-refractivity contribution in [2.45, 2.75) is 6.54 Å². The van der Waals surface area contributed by atoms with Crippen LogP contribution in [0.4, 0.5) is 0 Å². The molecule has 0 saturated carbocycles. The molecule has 16 heavy (non-hydrogen) atoms. The summed E-state index contributed by atoms with van der Waals surface area (Å²) < 4.78 is 1.69. The summed E-state index contributed by atoms with van der Waals surface area (Å²) in [4.78, 5) is 15.0. The number of nitrogens with two attached hydrogens (primary N) is 1. The molecular weight excluding hydrogens is 226 g/mol. The topological polar surface area (TPSA) is 60.9 Å². The van der Waals surface area contributed by atoms with Gasteiger partial charge in [-0.15, -0.1) is 0 Å². The molecule has 5 heteroatoms. The molecule has 0 saturated heterocycles. The Kier molecular flexibility index (Phi) is 2.92. The van der Waals surface area contributed by atoms with E-state index in [1.54, 1.807) is 29.1 Å². The van der Waals surface area contributed by atoms with Gasteiger partial charge in [0.15, 0.2) is 0 Å². The first-order valence-corrected chi connectivity index (χ1v) is 5.10. The van der Waals surface area contributed by atoms with Crippen molar-refractivity contribution in [3.8, 4) is 11.4 Å². The van der Waals surface area contributed by atoms with Crippen molar-refractivity contribution in [3.63, 3.8) is 0 Å². The number of hydrogen-bond acceptors (Lipinski definition) is 2. The van der Waals surface area contributed by atoms with Crippen molar-refractivity contribution in [2.24, 2.45) is 5.73 Å². The largest absolute Gasteiger partial charge is 0.368 e. The molecule has 0 fully saturated rings. The number of hydrogen-bond donors (Lipinski definition) is 1. The van der Waals surface area contributed by atoms with Gasteiger partial charge in [0.2, 0.25) is 5.91 Å². The molecular formula is C11H10ClN3O. The first-order chi connectivity index (χ1) is 7.66. The van der Waals surface area contributed by atoms with Crippen LogP contribution in [0.5, 0.6) is 0 Å². The molecule has 1 heterocycles. The maximum Gasteiger partial charge on any atom is 0.237 e. The summed E-state index contributed by atoms with van der Waals surface area (Å²) in [5.74, 6) is 0.280. The zero-order chi connectivity index (χ0) is 11.5. The van der Waals surface area contributed by atoms with Crippen LogP contribution in [0.2, 0.25) is 5.02 Å². The fraction of sp³-hybridized carbons (Fsp3) is 0.0909. The Bertz CT molecular complexity index is 521. The highest BCUT2D eigenvalue weighted by atomic mass is 35.5. The summed E-state index contributed by atoms with van der Waals surface area (Å²) in [6.45, 7) is 0.113. The number of rotatable bonds is 3. The second kappa shape index (κ2) is 4.37. The molecule has 0 unspecified atom stereocenters. The second-order valence-corrected chi connectivity index (χ2v) is 3.79. The summed E-state index contributed by atoms with van der Waals surface area (Å²) in [6, 6.07) is 7.29. The Hall–Kier alpha value is -1.81. The summed E-state index contributed by atoms with van der Waals surface area (Å²) in [6.07, 6.45) is 3.33. The van der Waals surface area contributed by atoms with E-state index < -0.39 is 5.91 Å². The Labute approximate surface area is 97.7 Å². The summed E-state index contributed by atoms with van der Waals surface area (Å²) in [5.41, 5.74) is 6.01. The molecule has 82 valence electrons. The second-order valence-electron chi connectivity index (χ2n) is 3.36. The van der Waals surface area contributed by atoms with E-state index in [-0.39, 0.29) is 6.54 Å². The Balaban J connectivity index is 2.40. The number of nitrogens with zero attached hydrogens (tertiary/aromatic N) is 2. The Morgan fingerprint density at radius 1 is 1.50 bits per heavy atom. The number of halogens is 1. The maximum atomic E-state index is 10.9. The number of amides is 1. The van der Waals surface area contributed by atoms with Gasteiger partial charge in [-0.25, -0.2) is 4.98 Å². The molecule has 1 aromatic heterocycles. The van der Waals surface area contributed by atoms with E-state index in [1.807, 2.05) is 12.1 Å². The highest BCUT2D eigenvalue weighted by molar-refractivity contribution is 6.30. The summed E-state index contributed by atoms with van der Waals surface area (Å²) in [7, 11) is 0. The van der Waals surface area contributed by atoms with Gasteiger partial charge >= 0.3 is 0 Å². The first-order valence-electron chi connectivity index (χ1n) is 4.72. The van der Waals surface area contributed by atoms with Crippen molar-refractivity contribution in [3.05, 3.63) is 41.7 Å². The molecule has 2 aromatic rings. The molecule has 2 rings (SSSR count). The van der Waals surface area contributed by atoms with Crippen molar-refractivity contribution in [1.29, 1.82) is 0 Å². The lowest BCUT2D eigenvalue weighted by Crippen LogP contribution is -2.18. The van der Waals surface area contributed by atoms with Gasteiger partial charge in [0.05, 0.1) is 0 Å². The molecule has 0 bridgehead atoms. The van der Waals surface area contributed by atoms with Crippen LogP contribution < -0.4 is 5.73 Å². The van der Waals surface area contributed by atoms with Gasteiger partial charge in [-0.3, -0.25) is 4.79 Å². The number of carbonyl (C=O) groups is 1. The smallest absolute Gasteiger partial charge is 0.237 e. The van der Waals surface area contributed by atoms with E-state index in [9.17, 15) is 4.79 Å². The van der Waals surface area contributed by atoms with E-state index >= 15 is 0 Å². The summed E-state index contributed by atoms with van der Waals surface area (Å²) >= 11 is 5.89. The molecule has 2 N–H and O–H groups in total. The zero-order valence-corrected chi connectivity index (χ0v) is 9.19. The van der Waals surface area contributed by atoms with Crippen molar-refractivity contribution >= 4 is 17.5 Å². The molecule has 0 spiro atoms. The number of primary amides is 1. The van der Waals surface area contributed by atoms with Crippen LogP contribution >= 0.6 is 11.6 Å². The number of carbonyl (C=O) groups excluding carboxylic acids is 1. The van der Waals surface area contributed by atoms with E-state index in [2.05, 4.69) is 4.98 Å². The normalized spacial score (nSPS) is 10.3. The Morgan fingerprint density at radius 2 is 2.31 bits per heavy atom. The molecule has 0 aliphatic carbocycles. The third kappa shape index (κ3) is 2.23. The standard InChI is InChI=1S/C11H10ClN3O/c12-9-3-1-2-8(6-9)11-14-4-5-15(11)7-10(13)16/h1-6H,7H2,(H2,13,16). The van der Waals surface area contributed by atoms with Crippen molar-refractivity contribution in [2.75, 3.05) is 0 Å². The number of imidazole rings is 1. The molecule has 1 aromatic carbocycles. The average molecular weight is 236 g/mol. The van der Waals surface area contributed by atoms with Gasteiger partial charge in [-0.05, 0) is 12.1 Å². The van der Waals surface area contributed by atoms with Crippen LogP contribution in [0, 0.1) is 0 Å². The van der Waals surface area contributed by atoms with Gasteiger partial charge in [-0.1, -0.05) is 23.7 Å². The third-order valence-electron chi connectivity index (χ3n) is 2.12. The minimum absolute atomic E-state index is 0.113. The van der Waals surface area contributed by atoms with Gasteiger partial charge < -0.3 is 10.3 Å². The van der Waals surface area contributed by atoms with Crippen molar-refractivity contribution in [1.82, 2.24) is 9.55 Å². The zero-order valence-electron chi connectivity index (χ0n) is 8.43. The minimum atomic E-state index is -0.402. The van der Waals surface area contributed by atoms with Crippen molar-refractivity contribution < 1.29 is 4.79 Å². The third-order valence-corrected chi connectivity index (χ3v) is 2.36. The molecule has 1 amide bonds. The maximum absolute atomic E-state index is 10.9. The molecule has 0 aliphatic heterocycles. The first kappa shape index (κ1) is 10.7. The fourth-order valence-corrected chi connectivity index (χ4v) is 1.68. The summed E-state index contributed by atoms with van der Waals surface area (Å²) in [5, 5.41) is 0.631. The van der Waals surface area contributed by atoms with Crippen LogP contribution in [0.1, 0.15) is 0 Å². The van der Waals surface area contributed by atoms with Crippen LogP contribution in [-0.2, 0) is 11.3 Å². The van der Waals surface area contributed by atoms with Gasteiger partial charge in [0, 0.05) is 23.0 Å². The number of benzene rings is 1. The van der Waals surface area contributed by atoms with E-state index in [1.165, 1.54) is 0 Å². The van der Waals surface area contributed by atoms with Gasteiger partial charge in [0.25, 0.3) is 0 Å². The molecule has 4 nitrogen and oxygen atoms in total. The monoisotopic (exact) mass is 235 g/mol. The molecule has 0 aliphatic rings.